The summed E-state index contributed by atoms with van der Waals surface area (Å²) in [5, 5.41) is 5.34. The van der Waals surface area contributed by atoms with Crippen molar-refractivity contribution in [2.24, 2.45) is 0 Å². The molecule has 0 radical (unpaired) electrons. The van der Waals surface area contributed by atoms with Crippen molar-refractivity contribution in [1.29, 1.82) is 0 Å². The fraction of sp³-hybridized carbons (Fsp3) is 0.600. The van der Waals surface area contributed by atoms with Gasteiger partial charge in [0, 0.05) is 70.0 Å². The molecule has 0 aromatic carbocycles. The van der Waals surface area contributed by atoms with Gasteiger partial charge in [-0.15, -0.1) is 11.3 Å². The van der Waals surface area contributed by atoms with Crippen molar-refractivity contribution in [3.8, 4) is 0 Å². The lowest BCUT2D eigenvalue weighted by atomic mass is 9.94. The number of amides is 3. The van der Waals surface area contributed by atoms with Crippen LogP contribution in [0.15, 0.2) is 29.8 Å². The van der Waals surface area contributed by atoms with E-state index in [1.807, 2.05) is 28.5 Å². The van der Waals surface area contributed by atoms with Crippen LogP contribution in [-0.4, -0.2) is 95.0 Å². The molecule has 0 bridgehead atoms. The third-order valence-electron chi connectivity index (χ3n) is 7.40. The van der Waals surface area contributed by atoms with E-state index < -0.39 is 0 Å². The molecular formula is C25H35N7O2S. The van der Waals surface area contributed by atoms with Gasteiger partial charge in [0.1, 0.15) is 5.82 Å². The Morgan fingerprint density at radius 2 is 1.69 bits per heavy atom. The molecule has 10 heteroatoms. The molecule has 1 aliphatic carbocycles. The average molecular weight is 498 g/mol. The molecule has 1 N–H and O–H groups in total. The third kappa shape index (κ3) is 6.10. The van der Waals surface area contributed by atoms with Crippen molar-refractivity contribution in [2.75, 3.05) is 62.6 Å². The van der Waals surface area contributed by atoms with Crippen molar-refractivity contribution in [2.45, 2.75) is 44.6 Å². The predicted molar refractivity (Wildman–Crippen MR) is 138 cm³/mol. The van der Waals surface area contributed by atoms with Crippen molar-refractivity contribution < 1.29 is 9.59 Å². The fourth-order valence-electron chi connectivity index (χ4n) is 5.34. The van der Waals surface area contributed by atoms with Gasteiger partial charge < -0.3 is 14.7 Å². The summed E-state index contributed by atoms with van der Waals surface area (Å²) in [6.45, 7) is 6.30. The number of thiazole rings is 1. The van der Waals surface area contributed by atoms with Gasteiger partial charge in [-0.2, -0.15) is 0 Å². The van der Waals surface area contributed by atoms with Crippen LogP contribution >= 0.6 is 11.3 Å². The van der Waals surface area contributed by atoms with Gasteiger partial charge in [-0.3, -0.25) is 15.0 Å². The van der Waals surface area contributed by atoms with Crippen LogP contribution in [0.1, 0.15) is 37.8 Å². The molecule has 2 aromatic heterocycles. The number of pyridine rings is 1. The van der Waals surface area contributed by atoms with Crippen LogP contribution in [0.25, 0.3) is 0 Å². The molecule has 188 valence electrons. The zero-order valence-corrected chi connectivity index (χ0v) is 21.1. The molecule has 2 saturated heterocycles. The molecule has 35 heavy (non-hydrogen) atoms. The average Bonchev–Trinajstić information content (AvgIpc) is 3.36. The van der Waals surface area contributed by atoms with Gasteiger partial charge in [0.05, 0.1) is 12.1 Å². The molecule has 9 nitrogen and oxygen atoms in total. The first-order valence-electron chi connectivity index (χ1n) is 12.8. The minimum absolute atomic E-state index is 0.127. The van der Waals surface area contributed by atoms with Crippen molar-refractivity contribution >= 4 is 34.2 Å². The second kappa shape index (κ2) is 11.3. The number of nitrogens with one attached hydrogen (secondary N) is 1. The zero-order valence-electron chi connectivity index (χ0n) is 20.3. The highest BCUT2D eigenvalue weighted by Crippen LogP contribution is 2.24. The number of urea groups is 1. The summed E-state index contributed by atoms with van der Waals surface area (Å²) in [7, 11) is 0. The molecular weight excluding hydrogens is 462 g/mol. The molecule has 0 spiro atoms. The Bertz CT molecular complexity index is 979. The van der Waals surface area contributed by atoms with E-state index in [1.54, 1.807) is 11.1 Å². The lowest BCUT2D eigenvalue weighted by molar-refractivity contribution is -0.132. The van der Waals surface area contributed by atoms with Crippen LogP contribution in [0.3, 0.4) is 0 Å². The topological polar surface area (TPSA) is 84.9 Å². The quantitative estimate of drug-likeness (QED) is 0.684. The predicted octanol–water partition coefficient (Wildman–Crippen LogP) is 2.91. The van der Waals surface area contributed by atoms with E-state index in [9.17, 15) is 9.59 Å². The summed E-state index contributed by atoms with van der Waals surface area (Å²) in [5.74, 6) is 1.07. The SMILES string of the molecule is O=C(Cc1csc(NC(=O)N2CCN(c3ccccn3)CC2)n1)N1CCN(C2CCCCC2)CC1. The highest BCUT2D eigenvalue weighted by atomic mass is 32.1. The van der Waals surface area contributed by atoms with Gasteiger partial charge in [0.2, 0.25) is 5.91 Å². The van der Waals surface area contributed by atoms with E-state index in [-0.39, 0.29) is 11.9 Å². The number of carbonyl (C=O) groups is 2. The standard InChI is InChI=1S/C25H35N7O2S/c33-23(31-14-10-29(11-15-31)21-6-2-1-3-7-21)18-20-19-35-24(27-20)28-25(34)32-16-12-30(13-17-32)22-8-4-5-9-26-22/h4-5,8-9,19,21H,1-3,6-7,10-18H2,(H,27,28,34). The minimum Gasteiger partial charge on any atom is -0.353 e. The molecule has 3 amide bonds. The molecule has 5 rings (SSSR count). The normalized spacial score (nSPS) is 20.2. The molecule has 4 heterocycles. The number of piperazine rings is 2. The van der Waals surface area contributed by atoms with Crippen LogP contribution in [-0.2, 0) is 11.2 Å². The van der Waals surface area contributed by atoms with Crippen molar-refractivity contribution in [3.63, 3.8) is 0 Å². The van der Waals surface area contributed by atoms with Crippen LogP contribution in [0.5, 0.6) is 0 Å². The van der Waals surface area contributed by atoms with Crippen molar-refractivity contribution in [1.82, 2.24) is 24.7 Å². The highest BCUT2D eigenvalue weighted by molar-refractivity contribution is 7.13. The van der Waals surface area contributed by atoms with Gasteiger partial charge in [-0.25, -0.2) is 14.8 Å². The van der Waals surface area contributed by atoms with Gasteiger partial charge in [0.15, 0.2) is 5.13 Å². The fourth-order valence-corrected chi connectivity index (χ4v) is 6.04. The molecule has 3 fully saturated rings. The summed E-state index contributed by atoms with van der Waals surface area (Å²) in [6.07, 6.45) is 8.74. The first-order chi connectivity index (χ1) is 17.2. The Hall–Kier alpha value is -2.72. The minimum atomic E-state index is -0.142. The Labute approximate surface area is 211 Å². The van der Waals surface area contributed by atoms with Crippen LogP contribution in [0.2, 0.25) is 0 Å². The summed E-state index contributed by atoms with van der Waals surface area (Å²) in [5.41, 5.74) is 0.727. The number of anilines is 2. The summed E-state index contributed by atoms with van der Waals surface area (Å²) >= 11 is 1.38. The van der Waals surface area contributed by atoms with Gasteiger partial charge in [0.25, 0.3) is 0 Å². The maximum absolute atomic E-state index is 12.8. The zero-order chi connectivity index (χ0) is 24.0. The molecule has 1 saturated carbocycles. The van der Waals surface area contributed by atoms with Crippen LogP contribution < -0.4 is 10.2 Å². The van der Waals surface area contributed by atoms with E-state index >= 15 is 0 Å². The lowest BCUT2D eigenvalue weighted by Gasteiger charge is -2.40. The second-order valence-electron chi connectivity index (χ2n) is 9.62. The van der Waals surface area contributed by atoms with Gasteiger partial charge >= 0.3 is 6.03 Å². The Kier molecular flexibility index (Phi) is 7.78. The third-order valence-corrected chi connectivity index (χ3v) is 8.20. The van der Waals surface area contributed by atoms with E-state index in [0.717, 1.165) is 50.8 Å². The number of aromatic nitrogens is 2. The lowest BCUT2D eigenvalue weighted by Crippen LogP contribution is -2.52. The number of rotatable bonds is 5. The second-order valence-corrected chi connectivity index (χ2v) is 10.5. The van der Waals surface area contributed by atoms with E-state index in [2.05, 4.69) is 25.1 Å². The van der Waals surface area contributed by atoms with E-state index in [0.29, 0.717) is 30.7 Å². The number of nitrogens with zero attached hydrogens (tertiary/aromatic N) is 6. The Morgan fingerprint density at radius 1 is 0.943 bits per heavy atom. The largest absolute Gasteiger partial charge is 0.353 e. The number of hydrogen-bond acceptors (Lipinski definition) is 7. The maximum Gasteiger partial charge on any atom is 0.323 e. The smallest absolute Gasteiger partial charge is 0.323 e. The monoisotopic (exact) mass is 497 g/mol. The van der Waals surface area contributed by atoms with E-state index in [1.165, 1.54) is 43.4 Å². The number of hydrogen-bond donors (Lipinski definition) is 1. The summed E-state index contributed by atoms with van der Waals surface area (Å²) in [6, 6.07) is 6.44. The molecule has 2 aromatic rings. The molecule has 3 aliphatic rings. The summed E-state index contributed by atoms with van der Waals surface area (Å²) < 4.78 is 0. The highest BCUT2D eigenvalue weighted by Gasteiger charge is 2.27. The molecule has 2 aliphatic heterocycles. The van der Waals surface area contributed by atoms with E-state index in [4.69, 9.17) is 0 Å². The maximum atomic E-state index is 12.8. The Morgan fingerprint density at radius 3 is 2.40 bits per heavy atom. The molecule has 0 unspecified atom stereocenters. The number of carbonyl (C=O) groups excluding carboxylic acids is 2. The Balaban J connectivity index is 1.05. The first-order valence-corrected chi connectivity index (χ1v) is 13.7. The van der Waals surface area contributed by atoms with Crippen molar-refractivity contribution in [3.05, 3.63) is 35.5 Å². The molecule has 0 atom stereocenters. The van der Waals surface area contributed by atoms with Gasteiger partial charge in [-0.1, -0.05) is 25.3 Å². The van der Waals surface area contributed by atoms with Crippen LogP contribution in [0, 0.1) is 0 Å². The van der Waals surface area contributed by atoms with Crippen LogP contribution in [0.4, 0.5) is 15.7 Å². The summed E-state index contributed by atoms with van der Waals surface area (Å²) in [4.78, 5) is 43.0. The van der Waals surface area contributed by atoms with Gasteiger partial charge in [-0.05, 0) is 25.0 Å². The first kappa shape index (κ1) is 24.0.